The third-order valence-corrected chi connectivity index (χ3v) is 8.02. The predicted octanol–water partition coefficient (Wildman–Crippen LogP) is 2.61. The van der Waals surface area contributed by atoms with Crippen molar-refractivity contribution < 1.29 is 8.42 Å². The molecule has 3 aliphatic heterocycles. The van der Waals surface area contributed by atoms with Crippen molar-refractivity contribution in [3.05, 3.63) is 71.1 Å². The summed E-state index contributed by atoms with van der Waals surface area (Å²) < 4.78 is 27.5. The highest BCUT2D eigenvalue weighted by Crippen LogP contribution is 2.34. The zero-order valence-corrected chi connectivity index (χ0v) is 18.0. The number of hydrogen-bond acceptors (Lipinski definition) is 5. The van der Waals surface area contributed by atoms with Crippen molar-refractivity contribution in [2.24, 2.45) is 0 Å². The van der Waals surface area contributed by atoms with E-state index < -0.39 is 10.0 Å². The van der Waals surface area contributed by atoms with Gasteiger partial charge in [0.2, 0.25) is 10.0 Å². The van der Waals surface area contributed by atoms with Crippen LogP contribution in [0.3, 0.4) is 0 Å². The predicted molar refractivity (Wildman–Crippen MR) is 117 cm³/mol. The van der Waals surface area contributed by atoms with Crippen molar-refractivity contribution in [3.8, 4) is 0 Å². The number of likely N-dealkylation sites (N-methyl/N-ethyl adjacent to an activating group) is 1. The van der Waals surface area contributed by atoms with Crippen LogP contribution in [0.15, 0.2) is 54.3 Å². The third-order valence-electron chi connectivity index (χ3n) is 6.28. The van der Waals surface area contributed by atoms with Crippen LogP contribution in [0.25, 0.3) is 0 Å². The van der Waals surface area contributed by atoms with Crippen LogP contribution in [0, 0.1) is 0 Å². The van der Waals surface area contributed by atoms with E-state index in [9.17, 15) is 8.42 Å². The summed E-state index contributed by atoms with van der Waals surface area (Å²) in [5.74, 6) is 0.857. The molecule has 7 nitrogen and oxygen atoms in total. The number of nitrogens with one attached hydrogen (secondary N) is 1. The van der Waals surface area contributed by atoms with Crippen LogP contribution in [-0.4, -0.2) is 54.0 Å². The first kappa shape index (κ1) is 19.5. The summed E-state index contributed by atoms with van der Waals surface area (Å²) in [6.07, 6.45) is 8.96. The summed E-state index contributed by atoms with van der Waals surface area (Å²) >= 11 is 0. The number of rotatable bonds is 5. The molecule has 0 spiro atoms. The van der Waals surface area contributed by atoms with E-state index in [1.165, 1.54) is 18.4 Å². The molecule has 1 unspecified atom stereocenters. The minimum atomic E-state index is -3.40. The van der Waals surface area contributed by atoms with Crippen molar-refractivity contribution in [1.29, 1.82) is 0 Å². The molecule has 30 heavy (non-hydrogen) atoms. The number of nitrogens with zero attached hydrogens (tertiary/aromatic N) is 4. The fraction of sp³-hybridized carbons (Fsp3) is 0.409. The maximum Gasteiger partial charge on any atom is 0.218 e. The molecule has 3 aliphatic rings. The Morgan fingerprint density at radius 3 is 2.80 bits per heavy atom. The second-order valence-corrected chi connectivity index (χ2v) is 10.3. The van der Waals surface area contributed by atoms with E-state index in [0.717, 1.165) is 35.7 Å². The first-order valence-corrected chi connectivity index (χ1v) is 12.1. The Hall–Kier alpha value is -2.42. The maximum atomic E-state index is 13.0. The summed E-state index contributed by atoms with van der Waals surface area (Å²) in [5.41, 5.74) is 3.98. The van der Waals surface area contributed by atoms with Gasteiger partial charge in [0.1, 0.15) is 0 Å². The number of aromatic nitrogens is 2. The van der Waals surface area contributed by atoms with Crippen molar-refractivity contribution in [2.45, 2.75) is 37.7 Å². The van der Waals surface area contributed by atoms with Crippen LogP contribution < -0.4 is 4.90 Å². The van der Waals surface area contributed by atoms with Crippen molar-refractivity contribution in [3.63, 3.8) is 0 Å². The molecule has 0 radical (unpaired) electrons. The highest BCUT2D eigenvalue weighted by Gasteiger charge is 2.34. The summed E-state index contributed by atoms with van der Waals surface area (Å²) in [6.45, 7) is 2.59. The molecule has 0 saturated carbocycles. The van der Waals surface area contributed by atoms with E-state index in [1.54, 1.807) is 4.31 Å². The molecule has 4 heterocycles. The van der Waals surface area contributed by atoms with Crippen LogP contribution in [0.5, 0.6) is 0 Å². The van der Waals surface area contributed by atoms with Gasteiger partial charge in [0.05, 0.1) is 18.0 Å². The SMILES string of the molecule is CN1CCCC1C1=CN(c2n[nH]c3c2CN(S(=O)(=O)Cc2ccccc2)C3)CC=C1. The van der Waals surface area contributed by atoms with Crippen LogP contribution in [0.2, 0.25) is 0 Å². The molecule has 8 heteroatoms. The maximum absolute atomic E-state index is 13.0. The first-order valence-electron chi connectivity index (χ1n) is 10.4. The molecule has 0 amide bonds. The van der Waals surface area contributed by atoms with Gasteiger partial charge in [0.15, 0.2) is 5.82 Å². The Balaban J connectivity index is 1.35. The Bertz CT molecular complexity index is 1090. The van der Waals surface area contributed by atoms with Gasteiger partial charge in [-0.2, -0.15) is 9.40 Å². The first-order chi connectivity index (χ1) is 14.5. The molecular weight excluding hydrogens is 398 g/mol. The molecule has 0 aliphatic carbocycles. The zero-order chi connectivity index (χ0) is 20.7. The monoisotopic (exact) mass is 425 g/mol. The summed E-state index contributed by atoms with van der Waals surface area (Å²) in [4.78, 5) is 4.54. The van der Waals surface area contributed by atoms with Crippen LogP contribution in [-0.2, 0) is 28.9 Å². The highest BCUT2D eigenvalue weighted by molar-refractivity contribution is 7.88. The van der Waals surface area contributed by atoms with Gasteiger partial charge in [0, 0.05) is 30.9 Å². The Morgan fingerprint density at radius 2 is 2.03 bits per heavy atom. The highest BCUT2D eigenvalue weighted by atomic mass is 32.2. The van der Waals surface area contributed by atoms with Gasteiger partial charge >= 0.3 is 0 Å². The molecule has 1 aromatic carbocycles. The number of anilines is 1. The largest absolute Gasteiger partial charge is 0.327 e. The number of fused-ring (bicyclic) bond motifs is 1. The Kier molecular flexibility index (Phi) is 5.00. The molecule has 2 aromatic rings. The lowest BCUT2D eigenvalue weighted by molar-refractivity contribution is 0.348. The van der Waals surface area contributed by atoms with Crippen LogP contribution in [0.4, 0.5) is 5.82 Å². The number of hydrogen-bond donors (Lipinski definition) is 1. The minimum absolute atomic E-state index is 0.0192. The Morgan fingerprint density at radius 1 is 1.20 bits per heavy atom. The minimum Gasteiger partial charge on any atom is -0.327 e. The van der Waals surface area contributed by atoms with Crippen molar-refractivity contribution in [2.75, 3.05) is 25.0 Å². The average molecular weight is 426 g/mol. The Labute approximate surface area is 177 Å². The van der Waals surface area contributed by atoms with Crippen molar-refractivity contribution >= 4 is 15.8 Å². The summed E-state index contributed by atoms with van der Waals surface area (Å²) in [6, 6.07) is 9.79. The third kappa shape index (κ3) is 3.59. The number of benzene rings is 1. The van der Waals surface area contributed by atoms with Gasteiger partial charge in [0.25, 0.3) is 0 Å². The molecule has 1 aromatic heterocycles. The molecule has 1 saturated heterocycles. The lowest BCUT2D eigenvalue weighted by Gasteiger charge is -2.27. The molecular formula is C22H27N5O2S. The van der Waals surface area contributed by atoms with Crippen molar-refractivity contribution in [1.82, 2.24) is 19.4 Å². The number of sulfonamides is 1. The van der Waals surface area contributed by atoms with Gasteiger partial charge < -0.3 is 4.90 Å². The average Bonchev–Trinajstić information content (AvgIpc) is 3.44. The van der Waals surface area contributed by atoms with Gasteiger partial charge in [-0.05, 0) is 37.6 Å². The van der Waals surface area contributed by atoms with E-state index in [1.807, 2.05) is 30.3 Å². The van der Waals surface area contributed by atoms with Crippen LogP contribution >= 0.6 is 0 Å². The fourth-order valence-corrected chi connectivity index (χ4v) is 6.11. The smallest absolute Gasteiger partial charge is 0.218 e. The van der Waals surface area contributed by atoms with E-state index >= 15 is 0 Å². The standard InChI is InChI=1S/C22H27N5O2S/c1-25-11-6-10-21(25)18-9-5-12-26(13-18)22-19-14-27(15-20(19)23-24-22)30(28,29)16-17-7-3-2-4-8-17/h2-5,7-9,13,21H,6,10-12,14-16H2,1H3,(H,23,24). The number of aromatic amines is 1. The van der Waals surface area contributed by atoms with Gasteiger partial charge in [-0.25, -0.2) is 8.42 Å². The summed E-state index contributed by atoms with van der Waals surface area (Å²) in [5, 5.41) is 7.61. The molecule has 1 atom stereocenters. The zero-order valence-electron chi connectivity index (χ0n) is 17.2. The van der Waals surface area contributed by atoms with E-state index in [4.69, 9.17) is 0 Å². The second-order valence-electron chi connectivity index (χ2n) is 8.34. The number of likely N-dealkylation sites (tertiary alicyclic amines) is 1. The summed E-state index contributed by atoms with van der Waals surface area (Å²) in [7, 11) is -1.22. The van der Waals surface area contributed by atoms with E-state index in [2.05, 4.69) is 45.4 Å². The molecule has 0 bridgehead atoms. The van der Waals surface area contributed by atoms with E-state index in [0.29, 0.717) is 19.1 Å². The molecule has 1 fully saturated rings. The van der Waals surface area contributed by atoms with E-state index in [-0.39, 0.29) is 5.75 Å². The van der Waals surface area contributed by atoms with Crippen LogP contribution in [0.1, 0.15) is 29.7 Å². The topological polar surface area (TPSA) is 72.5 Å². The second kappa shape index (κ2) is 7.68. The molecule has 1 N–H and O–H groups in total. The number of H-pyrrole nitrogens is 1. The van der Waals surface area contributed by atoms with Gasteiger partial charge in [-0.1, -0.05) is 42.5 Å². The normalized spacial score (nSPS) is 22.5. The van der Waals surface area contributed by atoms with Gasteiger partial charge in [-0.3, -0.25) is 10.00 Å². The lowest BCUT2D eigenvalue weighted by Crippen LogP contribution is -2.31. The van der Waals surface area contributed by atoms with Gasteiger partial charge in [-0.15, -0.1) is 0 Å². The molecule has 5 rings (SSSR count). The quantitative estimate of drug-likeness (QED) is 0.797. The fourth-order valence-electron chi connectivity index (χ4n) is 4.66. The lowest BCUT2D eigenvalue weighted by atomic mass is 10.0. The molecule has 158 valence electrons.